The molecule has 0 aliphatic heterocycles. The van der Waals surface area contributed by atoms with Gasteiger partial charge in [0.15, 0.2) is 5.13 Å². The molecule has 154 valence electrons. The van der Waals surface area contributed by atoms with Crippen molar-refractivity contribution in [2.75, 3.05) is 25.2 Å². The molecule has 4 aromatic rings. The first-order valence-electron chi connectivity index (χ1n) is 9.68. The molecule has 30 heavy (non-hydrogen) atoms. The first-order valence-corrected chi connectivity index (χ1v) is 10.5. The van der Waals surface area contributed by atoms with Gasteiger partial charge in [0, 0.05) is 20.1 Å². The Labute approximate surface area is 177 Å². The highest BCUT2D eigenvalue weighted by atomic mass is 32.1. The molecular formula is C22H22N4O3S. The lowest BCUT2D eigenvalue weighted by Crippen LogP contribution is -2.35. The van der Waals surface area contributed by atoms with Crippen LogP contribution in [0.5, 0.6) is 0 Å². The molecule has 0 fully saturated rings. The Morgan fingerprint density at radius 1 is 1.20 bits per heavy atom. The third kappa shape index (κ3) is 3.96. The highest BCUT2D eigenvalue weighted by molar-refractivity contribution is 7.22. The average Bonchev–Trinajstić information content (AvgIpc) is 3.18. The summed E-state index contributed by atoms with van der Waals surface area (Å²) in [5.41, 5.74) is 2.37. The van der Waals surface area contributed by atoms with Crippen LogP contribution in [0, 0.1) is 6.92 Å². The molecule has 0 spiro atoms. The highest BCUT2D eigenvalue weighted by Crippen LogP contribution is 2.29. The number of fused-ring (bicyclic) bond motifs is 2. The van der Waals surface area contributed by atoms with E-state index in [0.29, 0.717) is 29.2 Å². The molecule has 0 bridgehead atoms. The summed E-state index contributed by atoms with van der Waals surface area (Å²) in [6.07, 6.45) is 1.68. The van der Waals surface area contributed by atoms with Crippen molar-refractivity contribution in [2.24, 2.45) is 0 Å². The van der Waals surface area contributed by atoms with Crippen molar-refractivity contribution in [3.05, 3.63) is 64.7 Å². The third-order valence-corrected chi connectivity index (χ3v) is 6.01. The van der Waals surface area contributed by atoms with E-state index in [1.54, 1.807) is 18.1 Å². The largest absolute Gasteiger partial charge is 0.383 e. The van der Waals surface area contributed by atoms with Crippen LogP contribution >= 0.6 is 11.3 Å². The van der Waals surface area contributed by atoms with Crippen molar-refractivity contribution in [1.82, 2.24) is 14.5 Å². The Morgan fingerprint density at radius 3 is 2.83 bits per heavy atom. The number of para-hydroxylation sites is 2. The lowest BCUT2D eigenvalue weighted by Gasteiger charge is -2.19. The fraction of sp³-hybridized carbons (Fsp3) is 0.273. The second-order valence-corrected chi connectivity index (χ2v) is 7.98. The zero-order valence-electron chi connectivity index (χ0n) is 16.9. The summed E-state index contributed by atoms with van der Waals surface area (Å²) < 4.78 is 7.69. The fourth-order valence-electron chi connectivity index (χ4n) is 3.33. The molecule has 2 aromatic carbocycles. The number of ether oxygens (including phenoxy) is 1. The molecule has 0 saturated heterocycles. The first kappa shape index (κ1) is 20.2. The summed E-state index contributed by atoms with van der Waals surface area (Å²) in [6, 6.07) is 13.3. The molecule has 7 nitrogen and oxygen atoms in total. The van der Waals surface area contributed by atoms with Gasteiger partial charge in [0.05, 0.1) is 40.6 Å². The molecule has 2 heterocycles. The maximum Gasteiger partial charge on any atom is 0.261 e. The second-order valence-electron chi connectivity index (χ2n) is 6.97. The van der Waals surface area contributed by atoms with Crippen molar-refractivity contribution in [3.63, 3.8) is 0 Å². The Balaban J connectivity index is 1.56. The van der Waals surface area contributed by atoms with Crippen LogP contribution in [-0.2, 0) is 16.1 Å². The number of methoxy groups -OCH3 is 1. The summed E-state index contributed by atoms with van der Waals surface area (Å²) in [4.78, 5) is 36.5. The molecule has 0 radical (unpaired) electrons. The second kappa shape index (κ2) is 8.73. The first-order chi connectivity index (χ1) is 14.6. The van der Waals surface area contributed by atoms with E-state index in [1.807, 2.05) is 43.3 Å². The summed E-state index contributed by atoms with van der Waals surface area (Å²) in [6.45, 7) is 2.98. The topological polar surface area (TPSA) is 77.3 Å². The molecule has 0 N–H and O–H groups in total. The lowest BCUT2D eigenvalue weighted by molar-refractivity contribution is -0.119. The minimum absolute atomic E-state index is 0.109. The van der Waals surface area contributed by atoms with Gasteiger partial charge in [-0.2, -0.15) is 0 Å². The number of amides is 1. The molecular weight excluding hydrogens is 400 g/mol. The number of benzene rings is 2. The lowest BCUT2D eigenvalue weighted by atomic mass is 10.1. The van der Waals surface area contributed by atoms with Gasteiger partial charge in [-0.1, -0.05) is 35.6 Å². The van der Waals surface area contributed by atoms with Crippen LogP contribution in [-0.4, -0.2) is 40.7 Å². The highest BCUT2D eigenvalue weighted by Gasteiger charge is 2.20. The van der Waals surface area contributed by atoms with Crippen LogP contribution in [0.25, 0.3) is 21.1 Å². The zero-order chi connectivity index (χ0) is 21.1. The van der Waals surface area contributed by atoms with Crippen molar-refractivity contribution in [2.45, 2.75) is 19.9 Å². The number of rotatable bonds is 7. The van der Waals surface area contributed by atoms with Gasteiger partial charge in [0.1, 0.15) is 0 Å². The van der Waals surface area contributed by atoms with E-state index < -0.39 is 0 Å². The summed E-state index contributed by atoms with van der Waals surface area (Å²) in [5.74, 6) is -0.109. The molecule has 0 aliphatic rings. The Kier molecular flexibility index (Phi) is 5.87. The number of nitrogens with zero attached hydrogens (tertiary/aromatic N) is 4. The number of carbonyl (C=O) groups excluding carboxylic acids is 1. The molecule has 4 rings (SSSR count). The molecule has 1 amide bonds. The number of aryl methyl sites for hydroxylation is 2. The summed E-state index contributed by atoms with van der Waals surface area (Å²) in [5, 5.41) is 1.20. The van der Waals surface area contributed by atoms with Crippen molar-refractivity contribution < 1.29 is 9.53 Å². The van der Waals surface area contributed by atoms with Gasteiger partial charge in [-0.25, -0.2) is 9.97 Å². The predicted molar refractivity (Wildman–Crippen MR) is 119 cm³/mol. The zero-order valence-corrected chi connectivity index (χ0v) is 17.7. The standard InChI is InChI=1S/C22H22N4O3S/c1-15-6-5-7-16-20(15)23-14-25(21(16)28)11-10-19(27)26(12-13-29-2)22-24-17-8-3-4-9-18(17)30-22/h3-9,14H,10-13H2,1-2H3. The van der Waals surface area contributed by atoms with Gasteiger partial charge in [-0.3, -0.25) is 19.1 Å². The third-order valence-electron chi connectivity index (χ3n) is 4.96. The summed E-state index contributed by atoms with van der Waals surface area (Å²) in [7, 11) is 1.60. The number of aromatic nitrogens is 3. The SMILES string of the molecule is COCCN(C(=O)CCn1cnc2c(C)cccc2c1=O)c1nc2ccccc2s1. The number of carbonyl (C=O) groups is 1. The van der Waals surface area contributed by atoms with E-state index in [-0.39, 0.29) is 24.4 Å². The molecule has 0 saturated carbocycles. The predicted octanol–water partition coefficient (Wildman–Crippen LogP) is 3.38. The van der Waals surface area contributed by atoms with Gasteiger partial charge in [-0.15, -0.1) is 0 Å². The van der Waals surface area contributed by atoms with Gasteiger partial charge in [0.25, 0.3) is 5.56 Å². The van der Waals surface area contributed by atoms with Crippen LogP contribution in [0.1, 0.15) is 12.0 Å². The Bertz CT molecular complexity index is 1230. The van der Waals surface area contributed by atoms with E-state index in [1.165, 1.54) is 22.2 Å². The monoisotopic (exact) mass is 422 g/mol. The van der Waals surface area contributed by atoms with Crippen LogP contribution in [0.4, 0.5) is 5.13 Å². The fourth-order valence-corrected chi connectivity index (χ4v) is 4.34. The van der Waals surface area contributed by atoms with Gasteiger partial charge in [0.2, 0.25) is 5.91 Å². The van der Waals surface area contributed by atoms with Crippen molar-refractivity contribution in [1.29, 1.82) is 0 Å². The van der Waals surface area contributed by atoms with Crippen LogP contribution in [0.15, 0.2) is 53.6 Å². The molecule has 0 atom stereocenters. The number of anilines is 1. The summed E-state index contributed by atoms with van der Waals surface area (Å²) >= 11 is 1.47. The minimum atomic E-state index is -0.139. The van der Waals surface area contributed by atoms with Gasteiger partial charge in [-0.05, 0) is 30.7 Å². The Morgan fingerprint density at radius 2 is 2.03 bits per heavy atom. The van der Waals surface area contributed by atoms with Crippen LogP contribution < -0.4 is 10.5 Å². The van der Waals surface area contributed by atoms with E-state index in [4.69, 9.17) is 4.74 Å². The normalized spacial score (nSPS) is 11.3. The molecule has 0 unspecified atom stereocenters. The van der Waals surface area contributed by atoms with Crippen molar-refractivity contribution in [3.8, 4) is 0 Å². The number of thiazole rings is 1. The van der Waals surface area contributed by atoms with E-state index in [0.717, 1.165) is 15.8 Å². The van der Waals surface area contributed by atoms with Crippen LogP contribution in [0.2, 0.25) is 0 Å². The smallest absolute Gasteiger partial charge is 0.261 e. The van der Waals surface area contributed by atoms with E-state index in [2.05, 4.69) is 9.97 Å². The van der Waals surface area contributed by atoms with Crippen molar-refractivity contribution >= 4 is 43.5 Å². The maximum atomic E-state index is 13.0. The quantitative estimate of drug-likeness (QED) is 0.456. The van der Waals surface area contributed by atoms with Crippen LogP contribution in [0.3, 0.4) is 0 Å². The number of hydrogen-bond donors (Lipinski definition) is 0. The molecule has 2 aromatic heterocycles. The maximum absolute atomic E-state index is 13.0. The molecule has 0 aliphatic carbocycles. The number of hydrogen-bond acceptors (Lipinski definition) is 6. The average molecular weight is 423 g/mol. The van der Waals surface area contributed by atoms with Gasteiger partial charge < -0.3 is 4.74 Å². The van der Waals surface area contributed by atoms with Gasteiger partial charge >= 0.3 is 0 Å². The van der Waals surface area contributed by atoms with E-state index in [9.17, 15) is 9.59 Å². The Hall–Kier alpha value is -3.10. The van der Waals surface area contributed by atoms with E-state index >= 15 is 0 Å². The minimum Gasteiger partial charge on any atom is -0.383 e. The molecule has 8 heteroatoms.